The van der Waals surface area contributed by atoms with Gasteiger partial charge in [-0.05, 0) is 13.8 Å². The molecule has 0 saturated carbocycles. The number of aromatic nitrogens is 5. The Labute approximate surface area is 131 Å². The molecule has 22 heavy (non-hydrogen) atoms. The number of aryl methyl sites for hydroxylation is 2. The molecule has 3 rings (SSSR count). The molecule has 2 aromatic rings. The summed E-state index contributed by atoms with van der Waals surface area (Å²) in [7, 11) is 0. The fraction of sp³-hybridized carbons (Fsp3) is 0.583. The van der Waals surface area contributed by atoms with E-state index in [4.69, 9.17) is 4.74 Å². The van der Waals surface area contributed by atoms with Crippen molar-refractivity contribution in [1.29, 1.82) is 0 Å². The third-order valence-corrected chi connectivity index (χ3v) is 3.95. The SMILES string of the molecule is Cc1nc(C2CN(CC(=O)Nc3nnc(C)s3)CCO2)n[nH]1. The Kier molecular flexibility index (Phi) is 4.41. The molecule has 0 spiro atoms. The van der Waals surface area contributed by atoms with E-state index in [0.29, 0.717) is 30.7 Å². The molecule has 1 fully saturated rings. The average molecular weight is 323 g/mol. The number of anilines is 1. The van der Waals surface area contributed by atoms with Gasteiger partial charge in [-0.2, -0.15) is 5.10 Å². The molecule has 2 aromatic heterocycles. The Morgan fingerprint density at radius 1 is 1.50 bits per heavy atom. The van der Waals surface area contributed by atoms with Crippen LogP contribution in [0.5, 0.6) is 0 Å². The zero-order valence-corrected chi connectivity index (χ0v) is 13.2. The summed E-state index contributed by atoms with van der Waals surface area (Å²) in [6.45, 7) is 5.79. The molecule has 1 amide bonds. The maximum atomic E-state index is 12.0. The van der Waals surface area contributed by atoms with Gasteiger partial charge in [0, 0.05) is 13.1 Å². The largest absolute Gasteiger partial charge is 0.367 e. The van der Waals surface area contributed by atoms with Crippen LogP contribution in [0.15, 0.2) is 0 Å². The summed E-state index contributed by atoms with van der Waals surface area (Å²) in [6, 6.07) is 0. The lowest BCUT2D eigenvalue weighted by Gasteiger charge is -2.30. The van der Waals surface area contributed by atoms with E-state index in [1.54, 1.807) is 0 Å². The van der Waals surface area contributed by atoms with Gasteiger partial charge in [-0.15, -0.1) is 10.2 Å². The number of hydrogen-bond acceptors (Lipinski definition) is 8. The molecule has 10 heteroatoms. The van der Waals surface area contributed by atoms with Crippen LogP contribution in [0.2, 0.25) is 0 Å². The normalized spacial score (nSPS) is 19.3. The number of H-pyrrole nitrogens is 1. The van der Waals surface area contributed by atoms with Gasteiger partial charge in [-0.1, -0.05) is 11.3 Å². The first-order chi connectivity index (χ1) is 10.6. The summed E-state index contributed by atoms with van der Waals surface area (Å²) >= 11 is 1.36. The third-order valence-electron chi connectivity index (χ3n) is 3.19. The molecule has 2 N–H and O–H groups in total. The number of amides is 1. The average Bonchev–Trinajstić information content (AvgIpc) is 3.08. The zero-order chi connectivity index (χ0) is 15.5. The van der Waals surface area contributed by atoms with Crippen molar-refractivity contribution < 1.29 is 9.53 Å². The van der Waals surface area contributed by atoms with E-state index >= 15 is 0 Å². The highest BCUT2D eigenvalue weighted by atomic mass is 32.1. The Morgan fingerprint density at radius 2 is 2.36 bits per heavy atom. The number of rotatable bonds is 4. The summed E-state index contributed by atoms with van der Waals surface area (Å²) in [4.78, 5) is 18.3. The molecule has 1 saturated heterocycles. The van der Waals surface area contributed by atoms with Crippen molar-refractivity contribution in [2.45, 2.75) is 20.0 Å². The molecule has 9 nitrogen and oxygen atoms in total. The number of nitrogens with zero attached hydrogens (tertiary/aromatic N) is 5. The number of hydrogen-bond donors (Lipinski definition) is 2. The Morgan fingerprint density at radius 3 is 3.05 bits per heavy atom. The van der Waals surface area contributed by atoms with Crippen LogP contribution in [-0.4, -0.2) is 62.4 Å². The number of carbonyl (C=O) groups is 1. The van der Waals surface area contributed by atoms with Crippen LogP contribution < -0.4 is 5.32 Å². The molecule has 1 aliphatic rings. The van der Waals surface area contributed by atoms with Crippen LogP contribution >= 0.6 is 11.3 Å². The third kappa shape index (κ3) is 3.64. The standard InChI is InChI=1S/C12H17N7O2S/c1-7-13-11(17-15-7)9-5-19(3-4-21-9)6-10(20)14-12-18-16-8(2)22-12/h9H,3-6H2,1-2H3,(H,13,15,17)(H,14,18,20). The fourth-order valence-corrected chi connectivity index (χ4v) is 2.82. The van der Waals surface area contributed by atoms with E-state index in [-0.39, 0.29) is 18.6 Å². The first-order valence-electron chi connectivity index (χ1n) is 6.93. The first kappa shape index (κ1) is 15.0. The van der Waals surface area contributed by atoms with E-state index in [9.17, 15) is 4.79 Å². The highest BCUT2D eigenvalue weighted by Crippen LogP contribution is 2.19. The summed E-state index contributed by atoms with van der Waals surface area (Å²) < 4.78 is 5.67. The molecule has 0 aromatic carbocycles. The molecule has 0 radical (unpaired) electrons. The maximum absolute atomic E-state index is 12.0. The van der Waals surface area contributed by atoms with Crippen LogP contribution in [0.1, 0.15) is 22.8 Å². The van der Waals surface area contributed by atoms with E-state index < -0.39 is 0 Å². The minimum Gasteiger partial charge on any atom is -0.367 e. The second-order valence-corrected chi connectivity index (χ2v) is 6.23. The molecule has 1 unspecified atom stereocenters. The second-order valence-electron chi connectivity index (χ2n) is 5.05. The molecule has 1 aliphatic heterocycles. The van der Waals surface area contributed by atoms with Gasteiger partial charge in [0.1, 0.15) is 16.9 Å². The number of ether oxygens (including phenoxy) is 1. The highest BCUT2D eigenvalue weighted by Gasteiger charge is 2.26. The molecular formula is C12H17N7O2S. The van der Waals surface area contributed by atoms with Crippen molar-refractivity contribution in [2.75, 3.05) is 31.6 Å². The van der Waals surface area contributed by atoms with Crippen molar-refractivity contribution in [3.63, 3.8) is 0 Å². The van der Waals surface area contributed by atoms with E-state index in [1.165, 1.54) is 11.3 Å². The van der Waals surface area contributed by atoms with Gasteiger partial charge in [0.25, 0.3) is 0 Å². The van der Waals surface area contributed by atoms with Crippen LogP contribution in [-0.2, 0) is 9.53 Å². The van der Waals surface area contributed by atoms with Crippen molar-refractivity contribution in [3.05, 3.63) is 16.7 Å². The number of carbonyl (C=O) groups excluding carboxylic acids is 1. The Hall–Kier alpha value is -1.91. The summed E-state index contributed by atoms with van der Waals surface area (Å²) in [5.74, 6) is 1.27. The summed E-state index contributed by atoms with van der Waals surface area (Å²) in [6.07, 6.45) is -0.213. The monoisotopic (exact) mass is 323 g/mol. The molecule has 0 bridgehead atoms. The van der Waals surface area contributed by atoms with Crippen molar-refractivity contribution in [1.82, 2.24) is 30.3 Å². The predicted molar refractivity (Wildman–Crippen MR) is 79.5 cm³/mol. The quantitative estimate of drug-likeness (QED) is 0.832. The van der Waals surface area contributed by atoms with E-state index in [1.807, 2.05) is 18.7 Å². The Bertz CT molecular complexity index is 655. The van der Waals surface area contributed by atoms with Gasteiger partial charge in [0.15, 0.2) is 5.82 Å². The number of aromatic amines is 1. The molecule has 3 heterocycles. The summed E-state index contributed by atoms with van der Waals surface area (Å²) in [5, 5.41) is 18.8. The number of morpholine rings is 1. The minimum absolute atomic E-state index is 0.108. The van der Waals surface area contributed by atoms with E-state index in [2.05, 4.69) is 30.7 Å². The van der Waals surface area contributed by atoms with Crippen LogP contribution in [0.3, 0.4) is 0 Å². The molecule has 118 valence electrons. The predicted octanol–water partition coefficient (Wildman–Crippen LogP) is 0.285. The van der Waals surface area contributed by atoms with E-state index in [0.717, 1.165) is 10.8 Å². The van der Waals surface area contributed by atoms with Crippen molar-refractivity contribution in [3.8, 4) is 0 Å². The lowest BCUT2D eigenvalue weighted by atomic mass is 10.2. The van der Waals surface area contributed by atoms with Crippen molar-refractivity contribution >= 4 is 22.4 Å². The molecule has 0 aliphatic carbocycles. The lowest BCUT2D eigenvalue weighted by Crippen LogP contribution is -2.42. The molecule has 1 atom stereocenters. The smallest absolute Gasteiger partial charge is 0.240 e. The lowest BCUT2D eigenvalue weighted by molar-refractivity contribution is -0.119. The molecular weight excluding hydrogens is 306 g/mol. The zero-order valence-electron chi connectivity index (χ0n) is 12.4. The maximum Gasteiger partial charge on any atom is 0.240 e. The Balaban J connectivity index is 1.54. The topological polar surface area (TPSA) is 109 Å². The van der Waals surface area contributed by atoms with Gasteiger partial charge < -0.3 is 4.74 Å². The minimum atomic E-state index is -0.213. The first-order valence-corrected chi connectivity index (χ1v) is 7.74. The highest BCUT2D eigenvalue weighted by molar-refractivity contribution is 7.15. The fourth-order valence-electron chi connectivity index (χ4n) is 2.22. The number of nitrogens with one attached hydrogen (secondary N) is 2. The second kappa shape index (κ2) is 6.46. The van der Waals surface area contributed by atoms with Gasteiger partial charge >= 0.3 is 0 Å². The van der Waals surface area contributed by atoms with Gasteiger partial charge in [0.2, 0.25) is 11.0 Å². The van der Waals surface area contributed by atoms with Gasteiger partial charge in [0.05, 0.1) is 13.2 Å². The van der Waals surface area contributed by atoms with Crippen LogP contribution in [0, 0.1) is 13.8 Å². The van der Waals surface area contributed by atoms with Crippen molar-refractivity contribution in [2.24, 2.45) is 0 Å². The van der Waals surface area contributed by atoms with Gasteiger partial charge in [-0.25, -0.2) is 4.98 Å². The van der Waals surface area contributed by atoms with Gasteiger partial charge in [-0.3, -0.25) is 20.1 Å². The van der Waals surface area contributed by atoms with Crippen LogP contribution in [0.25, 0.3) is 0 Å². The summed E-state index contributed by atoms with van der Waals surface area (Å²) in [5.41, 5.74) is 0. The van der Waals surface area contributed by atoms with Crippen LogP contribution in [0.4, 0.5) is 5.13 Å².